The van der Waals surface area contributed by atoms with Gasteiger partial charge in [0.25, 0.3) is 5.91 Å². The first-order chi connectivity index (χ1) is 9.85. The maximum atomic E-state index is 11.9. The number of benzene rings is 1. The van der Waals surface area contributed by atoms with E-state index < -0.39 is 12.1 Å². The molecule has 0 aliphatic rings. The van der Waals surface area contributed by atoms with Gasteiger partial charge >= 0.3 is 5.97 Å². The van der Waals surface area contributed by atoms with Crippen LogP contribution in [0.1, 0.15) is 25.0 Å². The standard InChI is InChI=1S/C15H20BrNO4/c1-5-20-13(18)8-17-15(19)11(4)21-14-9(2)6-12(16)7-10(14)3/h6-7,11H,5,8H2,1-4H3,(H,17,19). The topological polar surface area (TPSA) is 64.6 Å². The third-order valence-corrected chi connectivity index (χ3v) is 3.26. The summed E-state index contributed by atoms with van der Waals surface area (Å²) in [5.74, 6) is -0.143. The molecule has 1 N–H and O–H groups in total. The number of halogens is 1. The normalized spacial score (nSPS) is 11.7. The van der Waals surface area contributed by atoms with E-state index in [-0.39, 0.29) is 19.1 Å². The highest BCUT2D eigenvalue weighted by Crippen LogP contribution is 2.28. The average molecular weight is 358 g/mol. The van der Waals surface area contributed by atoms with Crippen molar-refractivity contribution in [2.75, 3.05) is 13.2 Å². The fraction of sp³-hybridized carbons (Fsp3) is 0.467. The molecule has 0 saturated heterocycles. The first-order valence-electron chi connectivity index (χ1n) is 6.71. The molecule has 1 amide bonds. The predicted molar refractivity (Wildman–Crippen MR) is 83.3 cm³/mol. The summed E-state index contributed by atoms with van der Waals surface area (Å²) in [6, 6.07) is 3.84. The summed E-state index contributed by atoms with van der Waals surface area (Å²) >= 11 is 3.41. The number of rotatable bonds is 6. The van der Waals surface area contributed by atoms with Gasteiger partial charge in [-0.25, -0.2) is 0 Å². The third kappa shape index (κ3) is 5.38. The molecule has 1 aromatic carbocycles. The molecular weight excluding hydrogens is 338 g/mol. The predicted octanol–water partition coefficient (Wildman–Crippen LogP) is 2.51. The van der Waals surface area contributed by atoms with Gasteiger partial charge < -0.3 is 14.8 Å². The van der Waals surface area contributed by atoms with Crippen LogP contribution in [0.15, 0.2) is 16.6 Å². The van der Waals surface area contributed by atoms with Gasteiger partial charge in [-0.15, -0.1) is 0 Å². The number of esters is 1. The first-order valence-corrected chi connectivity index (χ1v) is 7.51. The smallest absolute Gasteiger partial charge is 0.325 e. The fourth-order valence-corrected chi connectivity index (χ4v) is 2.52. The largest absolute Gasteiger partial charge is 0.480 e. The summed E-state index contributed by atoms with van der Waals surface area (Å²) in [5, 5.41) is 2.49. The average Bonchev–Trinajstić information content (AvgIpc) is 2.40. The Labute approximate surface area is 133 Å². The molecule has 1 aromatic rings. The number of ether oxygens (including phenoxy) is 2. The Morgan fingerprint density at radius 3 is 2.38 bits per heavy atom. The molecule has 0 aromatic heterocycles. The van der Waals surface area contributed by atoms with E-state index in [9.17, 15) is 9.59 Å². The van der Waals surface area contributed by atoms with E-state index in [1.807, 2.05) is 26.0 Å². The molecule has 1 unspecified atom stereocenters. The van der Waals surface area contributed by atoms with Gasteiger partial charge in [-0.2, -0.15) is 0 Å². The molecule has 1 atom stereocenters. The lowest BCUT2D eigenvalue weighted by Gasteiger charge is -2.18. The van der Waals surface area contributed by atoms with E-state index in [0.29, 0.717) is 5.75 Å². The number of carbonyl (C=O) groups excluding carboxylic acids is 2. The van der Waals surface area contributed by atoms with Gasteiger partial charge in [-0.1, -0.05) is 15.9 Å². The van der Waals surface area contributed by atoms with Crippen LogP contribution in [0.25, 0.3) is 0 Å². The van der Waals surface area contributed by atoms with Crippen LogP contribution in [0.5, 0.6) is 5.75 Å². The molecule has 0 aliphatic carbocycles. The number of amides is 1. The van der Waals surface area contributed by atoms with Crippen LogP contribution < -0.4 is 10.1 Å². The van der Waals surface area contributed by atoms with Crippen molar-refractivity contribution in [2.45, 2.75) is 33.8 Å². The van der Waals surface area contributed by atoms with E-state index in [4.69, 9.17) is 9.47 Å². The van der Waals surface area contributed by atoms with Gasteiger partial charge in [-0.3, -0.25) is 9.59 Å². The zero-order chi connectivity index (χ0) is 16.0. The van der Waals surface area contributed by atoms with Crippen molar-refractivity contribution in [2.24, 2.45) is 0 Å². The van der Waals surface area contributed by atoms with Crippen LogP contribution in [0.3, 0.4) is 0 Å². The lowest BCUT2D eigenvalue weighted by atomic mass is 10.1. The second kappa shape index (κ2) is 8.02. The quantitative estimate of drug-likeness (QED) is 0.794. The molecule has 6 heteroatoms. The molecule has 116 valence electrons. The molecule has 0 radical (unpaired) electrons. The molecule has 0 aliphatic heterocycles. The maximum Gasteiger partial charge on any atom is 0.325 e. The van der Waals surface area contributed by atoms with E-state index in [1.54, 1.807) is 13.8 Å². The van der Waals surface area contributed by atoms with Gasteiger partial charge in [0.05, 0.1) is 6.61 Å². The van der Waals surface area contributed by atoms with Gasteiger partial charge in [0.1, 0.15) is 12.3 Å². The first kappa shape index (κ1) is 17.5. The molecular formula is C15H20BrNO4. The zero-order valence-electron chi connectivity index (χ0n) is 12.7. The maximum absolute atomic E-state index is 11.9. The lowest BCUT2D eigenvalue weighted by molar-refractivity contribution is -0.144. The Bertz CT molecular complexity index is 507. The summed E-state index contributed by atoms with van der Waals surface area (Å²) in [5.41, 5.74) is 1.87. The van der Waals surface area contributed by atoms with Crippen molar-refractivity contribution in [1.29, 1.82) is 0 Å². The van der Waals surface area contributed by atoms with Crippen LogP contribution >= 0.6 is 15.9 Å². The molecule has 0 bridgehead atoms. The van der Waals surface area contributed by atoms with Crippen LogP contribution in [0.4, 0.5) is 0 Å². The second-order valence-corrected chi connectivity index (χ2v) is 5.57. The zero-order valence-corrected chi connectivity index (χ0v) is 14.2. The summed E-state index contributed by atoms with van der Waals surface area (Å²) < 4.78 is 11.4. The highest BCUT2D eigenvalue weighted by molar-refractivity contribution is 9.10. The number of hydrogen-bond donors (Lipinski definition) is 1. The van der Waals surface area contributed by atoms with Crippen molar-refractivity contribution >= 4 is 27.8 Å². The lowest BCUT2D eigenvalue weighted by Crippen LogP contribution is -2.39. The Balaban J connectivity index is 2.62. The van der Waals surface area contributed by atoms with Crippen molar-refractivity contribution in [1.82, 2.24) is 5.32 Å². The highest BCUT2D eigenvalue weighted by Gasteiger charge is 2.18. The Morgan fingerprint density at radius 2 is 1.86 bits per heavy atom. The van der Waals surface area contributed by atoms with Crippen LogP contribution in [-0.4, -0.2) is 31.1 Å². The molecule has 21 heavy (non-hydrogen) atoms. The van der Waals surface area contributed by atoms with Crippen molar-refractivity contribution in [3.8, 4) is 5.75 Å². The van der Waals surface area contributed by atoms with Gasteiger partial charge in [0.15, 0.2) is 6.10 Å². The summed E-state index contributed by atoms with van der Waals surface area (Å²) in [7, 11) is 0. The Hall–Kier alpha value is -1.56. The van der Waals surface area contributed by atoms with Gasteiger partial charge in [0.2, 0.25) is 0 Å². The molecule has 0 saturated carbocycles. The molecule has 0 fully saturated rings. The number of carbonyl (C=O) groups is 2. The summed E-state index contributed by atoms with van der Waals surface area (Å²) in [6.07, 6.45) is -0.696. The minimum Gasteiger partial charge on any atom is -0.480 e. The van der Waals surface area contributed by atoms with Crippen LogP contribution in [-0.2, 0) is 14.3 Å². The van der Waals surface area contributed by atoms with Crippen molar-refractivity contribution in [3.05, 3.63) is 27.7 Å². The minimum absolute atomic E-state index is 0.154. The minimum atomic E-state index is -0.696. The van der Waals surface area contributed by atoms with Gasteiger partial charge in [-0.05, 0) is 51.0 Å². The number of nitrogens with one attached hydrogen (secondary N) is 1. The van der Waals surface area contributed by atoms with E-state index in [0.717, 1.165) is 15.6 Å². The van der Waals surface area contributed by atoms with Gasteiger partial charge in [0, 0.05) is 4.47 Å². The molecule has 0 spiro atoms. The Morgan fingerprint density at radius 1 is 1.29 bits per heavy atom. The molecule has 0 heterocycles. The number of aryl methyl sites for hydroxylation is 2. The van der Waals surface area contributed by atoms with E-state index >= 15 is 0 Å². The third-order valence-electron chi connectivity index (χ3n) is 2.80. The fourth-order valence-electron chi connectivity index (χ4n) is 1.83. The van der Waals surface area contributed by atoms with Crippen molar-refractivity contribution in [3.63, 3.8) is 0 Å². The highest BCUT2D eigenvalue weighted by atomic mass is 79.9. The molecule has 1 rings (SSSR count). The van der Waals surface area contributed by atoms with E-state index in [1.165, 1.54) is 0 Å². The summed E-state index contributed by atoms with van der Waals surface area (Å²) in [4.78, 5) is 23.1. The molecule has 5 nitrogen and oxygen atoms in total. The second-order valence-electron chi connectivity index (χ2n) is 4.65. The van der Waals surface area contributed by atoms with Crippen molar-refractivity contribution < 1.29 is 19.1 Å². The number of hydrogen-bond acceptors (Lipinski definition) is 4. The SMILES string of the molecule is CCOC(=O)CNC(=O)C(C)Oc1c(C)cc(Br)cc1C. The van der Waals surface area contributed by atoms with Crippen LogP contribution in [0.2, 0.25) is 0 Å². The van der Waals surface area contributed by atoms with Crippen LogP contribution in [0, 0.1) is 13.8 Å². The Kier molecular flexibility index (Phi) is 6.68. The van der Waals surface area contributed by atoms with E-state index in [2.05, 4.69) is 21.2 Å². The summed E-state index contributed by atoms with van der Waals surface area (Å²) in [6.45, 7) is 7.31. The monoisotopic (exact) mass is 357 g/mol.